The van der Waals surface area contributed by atoms with Gasteiger partial charge in [-0.25, -0.2) is 4.79 Å². The molecule has 0 radical (unpaired) electrons. The minimum absolute atomic E-state index is 0.157. The van der Waals surface area contributed by atoms with Gasteiger partial charge in [-0.05, 0) is 43.9 Å². The summed E-state index contributed by atoms with van der Waals surface area (Å²) in [5.41, 5.74) is 0.349. The third kappa shape index (κ3) is 4.34. The Morgan fingerprint density at radius 2 is 2.12 bits per heavy atom. The van der Waals surface area contributed by atoms with E-state index in [-0.39, 0.29) is 10.8 Å². The highest BCUT2D eigenvalue weighted by molar-refractivity contribution is 6.23. The van der Waals surface area contributed by atoms with Crippen molar-refractivity contribution in [3.05, 3.63) is 12.7 Å². The van der Waals surface area contributed by atoms with E-state index in [9.17, 15) is 4.79 Å². The highest BCUT2D eigenvalue weighted by atomic mass is 35.5. The summed E-state index contributed by atoms with van der Waals surface area (Å²) in [7, 11) is 0. The van der Waals surface area contributed by atoms with Crippen LogP contribution in [0.4, 0.5) is 0 Å². The molecule has 0 spiro atoms. The van der Waals surface area contributed by atoms with E-state index in [4.69, 9.17) is 16.3 Å². The van der Waals surface area contributed by atoms with Crippen LogP contribution in [0.15, 0.2) is 12.7 Å². The van der Waals surface area contributed by atoms with Crippen molar-refractivity contribution in [1.82, 2.24) is 0 Å². The lowest BCUT2D eigenvalue weighted by molar-refractivity contribution is -0.138. The monoisotopic (exact) mass is 258 g/mol. The second kappa shape index (κ2) is 5.43. The number of rotatable bonds is 4. The summed E-state index contributed by atoms with van der Waals surface area (Å²) < 4.78 is 5.04. The minimum atomic E-state index is -0.351. The largest absolute Gasteiger partial charge is 0.463 e. The SMILES string of the molecule is C=CC(=O)OCCC1CC(C)(C)CCC1(C)Cl. The molecule has 1 saturated carbocycles. The summed E-state index contributed by atoms with van der Waals surface area (Å²) >= 11 is 6.55. The normalized spacial score (nSPS) is 31.9. The molecule has 98 valence electrons. The first-order chi connectivity index (χ1) is 7.77. The molecule has 1 rings (SSSR count). The van der Waals surface area contributed by atoms with Crippen LogP contribution in [0, 0.1) is 11.3 Å². The van der Waals surface area contributed by atoms with Gasteiger partial charge in [-0.2, -0.15) is 0 Å². The van der Waals surface area contributed by atoms with Crippen molar-refractivity contribution in [2.45, 2.75) is 51.3 Å². The number of carbonyl (C=O) groups is 1. The van der Waals surface area contributed by atoms with Crippen molar-refractivity contribution < 1.29 is 9.53 Å². The van der Waals surface area contributed by atoms with Crippen LogP contribution in [0.1, 0.15) is 46.5 Å². The van der Waals surface area contributed by atoms with Crippen LogP contribution < -0.4 is 0 Å². The number of hydrogen-bond donors (Lipinski definition) is 0. The second-order valence-electron chi connectivity index (χ2n) is 6.00. The number of carbonyl (C=O) groups excluding carboxylic acids is 1. The molecule has 0 N–H and O–H groups in total. The highest BCUT2D eigenvalue weighted by Crippen LogP contribution is 2.48. The average Bonchev–Trinajstić information content (AvgIpc) is 2.23. The Labute approximate surface area is 109 Å². The molecule has 0 amide bonds. The summed E-state index contributed by atoms with van der Waals surface area (Å²) in [5.74, 6) is 0.0573. The molecule has 1 fully saturated rings. The third-order valence-electron chi connectivity index (χ3n) is 3.82. The fraction of sp³-hybridized carbons (Fsp3) is 0.786. The smallest absolute Gasteiger partial charge is 0.330 e. The van der Waals surface area contributed by atoms with Gasteiger partial charge in [0.25, 0.3) is 0 Å². The quantitative estimate of drug-likeness (QED) is 0.434. The number of esters is 1. The van der Waals surface area contributed by atoms with Crippen molar-refractivity contribution in [1.29, 1.82) is 0 Å². The summed E-state index contributed by atoms with van der Waals surface area (Å²) in [6.45, 7) is 10.5. The Bertz CT molecular complexity index is 295. The van der Waals surface area contributed by atoms with Gasteiger partial charge in [-0.15, -0.1) is 11.6 Å². The summed E-state index contributed by atoms with van der Waals surface area (Å²) in [6.07, 6.45) is 5.32. The standard InChI is InChI=1S/C14H23ClO2/c1-5-12(16)17-9-6-11-10-13(2,3)7-8-14(11,4)15/h5,11H,1,6-10H2,2-4H3. The van der Waals surface area contributed by atoms with Crippen LogP contribution in [0.5, 0.6) is 0 Å². The van der Waals surface area contributed by atoms with Gasteiger partial charge >= 0.3 is 5.97 Å². The average molecular weight is 259 g/mol. The van der Waals surface area contributed by atoms with Crippen LogP contribution in [-0.2, 0) is 9.53 Å². The molecule has 0 heterocycles. The van der Waals surface area contributed by atoms with E-state index in [1.165, 1.54) is 6.08 Å². The molecule has 0 bridgehead atoms. The highest BCUT2D eigenvalue weighted by Gasteiger charge is 2.41. The van der Waals surface area contributed by atoms with Crippen LogP contribution in [-0.4, -0.2) is 17.5 Å². The van der Waals surface area contributed by atoms with Crippen molar-refractivity contribution in [2.24, 2.45) is 11.3 Å². The van der Waals surface area contributed by atoms with Gasteiger partial charge in [0.05, 0.1) is 6.61 Å². The van der Waals surface area contributed by atoms with Crippen LogP contribution >= 0.6 is 11.6 Å². The molecule has 1 aliphatic carbocycles. The Kier molecular flexibility index (Phi) is 4.65. The molecule has 0 aromatic rings. The lowest BCUT2D eigenvalue weighted by atomic mass is 9.66. The predicted molar refractivity (Wildman–Crippen MR) is 71.2 cm³/mol. The number of hydrogen-bond acceptors (Lipinski definition) is 2. The van der Waals surface area contributed by atoms with Gasteiger partial charge in [-0.3, -0.25) is 0 Å². The summed E-state index contributed by atoms with van der Waals surface area (Å²) in [5, 5.41) is 0. The first kappa shape index (κ1) is 14.6. The molecule has 2 unspecified atom stereocenters. The number of ether oxygens (including phenoxy) is 1. The lowest BCUT2D eigenvalue weighted by Gasteiger charge is -2.44. The summed E-state index contributed by atoms with van der Waals surface area (Å²) in [6, 6.07) is 0. The lowest BCUT2D eigenvalue weighted by Crippen LogP contribution is -2.39. The number of alkyl halides is 1. The molecule has 17 heavy (non-hydrogen) atoms. The zero-order valence-electron chi connectivity index (χ0n) is 11.1. The number of halogens is 1. The Morgan fingerprint density at radius 3 is 2.71 bits per heavy atom. The maximum atomic E-state index is 11.0. The van der Waals surface area contributed by atoms with Gasteiger partial charge in [0.2, 0.25) is 0 Å². The fourth-order valence-corrected chi connectivity index (χ4v) is 2.81. The molecule has 0 aromatic heterocycles. The topological polar surface area (TPSA) is 26.3 Å². The van der Waals surface area contributed by atoms with Crippen LogP contribution in [0.2, 0.25) is 0 Å². The Hall–Kier alpha value is -0.500. The minimum Gasteiger partial charge on any atom is -0.463 e. The first-order valence-electron chi connectivity index (χ1n) is 6.25. The Morgan fingerprint density at radius 1 is 1.47 bits per heavy atom. The van der Waals surface area contributed by atoms with E-state index >= 15 is 0 Å². The van der Waals surface area contributed by atoms with Gasteiger partial charge in [0.15, 0.2) is 0 Å². The molecular formula is C14H23ClO2. The molecule has 3 heteroatoms. The first-order valence-corrected chi connectivity index (χ1v) is 6.63. The van der Waals surface area contributed by atoms with Crippen molar-refractivity contribution in [3.8, 4) is 0 Å². The van der Waals surface area contributed by atoms with E-state index in [0.29, 0.717) is 17.9 Å². The maximum absolute atomic E-state index is 11.0. The fourth-order valence-electron chi connectivity index (χ4n) is 2.53. The summed E-state index contributed by atoms with van der Waals surface area (Å²) in [4.78, 5) is 10.8. The molecule has 0 aromatic carbocycles. The van der Waals surface area contributed by atoms with E-state index < -0.39 is 0 Å². The molecule has 0 aliphatic heterocycles. The Balaban J connectivity index is 2.48. The maximum Gasteiger partial charge on any atom is 0.330 e. The zero-order chi connectivity index (χ0) is 13.1. The van der Waals surface area contributed by atoms with E-state index in [2.05, 4.69) is 27.4 Å². The van der Waals surface area contributed by atoms with E-state index in [0.717, 1.165) is 25.7 Å². The van der Waals surface area contributed by atoms with Crippen molar-refractivity contribution >= 4 is 17.6 Å². The third-order valence-corrected chi connectivity index (χ3v) is 4.32. The molecule has 0 saturated heterocycles. The molecule has 1 aliphatic rings. The van der Waals surface area contributed by atoms with Gasteiger partial charge in [0.1, 0.15) is 0 Å². The molecule has 2 atom stereocenters. The molecular weight excluding hydrogens is 236 g/mol. The van der Waals surface area contributed by atoms with Crippen LogP contribution in [0.3, 0.4) is 0 Å². The van der Waals surface area contributed by atoms with Gasteiger partial charge in [-0.1, -0.05) is 20.4 Å². The second-order valence-corrected chi connectivity index (χ2v) is 6.87. The molecule has 2 nitrogen and oxygen atoms in total. The van der Waals surface area contributed by atoms with Gasteiger partial charge < -0.3 is 4.74 Å². The van der Waals surface area contributed by atoms with Crippen molar-refractivity contribution in [3.63, 3.8) is 0 Å². The van der Waals surface area contributed by atoms with E-state index in [1.807, 2.05) is 0 Å². The predicted octanol–water partition coefficient (Wildman–Crippen LogP) is 3.93. The zero-order valence-corrected chi connectivity index (χ0v) is 11.8. The van der Waals surface area contributed by atoms with Crippen LogP contribution in [0.25, 0.3) is 0 Å². The van der Waals surface area contributed by atoms with E-state index in [1.54, 1.807) is 0 Å². The van der Waals surface area contributed by atoms with Gasteiger partial charge in [0, 0.05) is 11.0 Å². The van der Waals surface area contributed by atoms with Crippen molar-refractivity contribution in [2.75, 3.05) is 6.61 Å².